The van der Waals surface area contributed by atoms with Gasteiger partial charge in [0.1, 0.15) is 0 Å². The van der Waals surface area contributed by atoms with Crippen molar-refractivity contribution in [3.8, 4) is 11.8 Å². The highest BCUT2D eigenvalue weighted by Crippen LogP contribution is 2.42. The highest BCUT2D eigenvalue weighted by molar-refractivity contribution is 5.78. The topological polar surface area (TPSA) is 56.7 Å². The van der Waals surface area contributed by atoms with Gasteiger partial charge in [-0.3, -0.25) is 14.7 Å². The Kier molecular flexibility index (Phi) is 7.23. The molecule has 35 heavy (non-hydrogen) atoms. The zero-order valence-electron chi connectivity index (χ0n) is 19.9. The number of rotatable bonds is 4. The normalized spacial score (nSPS) is 22.1. The molecular formula is C30H31N3O2. The minimum Gasteiger partial charge on any atom is -0.395 e. The van der Waals surface area contributed by atoms with Gasteiger partial charge in [-0.05, 0) is 61.3 Å². The molecule has 0 unspecified atom stereocenters. The Balaban J connectivity index is 1.32. The summed E-state index contributed by atoms with van der Waals surface area (Å²) in [5.74, 6) is 6.77. The number of amides is 1. The van der Waals surface area contributed by atoms with Gasteiger partial charge in [0.05, 0.1) is 13.0 Å². The summed E-state index contributed by atoms with van der Waals surface area (Å²) in [6.45, 7) is 2.55. The van der Waals surface area contributed by atoms with E-state index in [1.54, 1.807) is 6.20 Å². The van der Waals surface area contributed by atoms with Crippen LogP contribution in [-0.2, 0) is 11.2 Å². The van der Waals surface area contributed by atoms with E-state index < -0.39 is 0 Å². The van der Waals surface area contributed by atoms with Crippen LogP contribution in [0, 0.1) is 11.8 Å². The van der Waals surface area contributed by atoms with E-state index >= 15 is 0 Å². The summed E-state index contributed by atoms with van der Waals surface area (Å²) in [4.78, 5) is 21.9. The lowest BCUT2D eigenvalue weighted by Crippen LogP contribution is -2.68. The van der Waals surface area contributed by atoms with Crippen molar-refractivity contribution < 1.29 is 9.90 Å². The van der Waals surface area contributed by atoms with E-state index in [2.05, 4.69) is 46.0 Å². The molecule has 3 atom stereocenters. The van der Waals surface area contributed by atoms with E-state index in [0.29, 0.717) is 13.0 Å². The molecule has 1 aromatic heterocycles. The number of fused-ring (bicyclic) bond motifs is 1. The standard InChI is InChI=1S/C30H31N3O2/c34-22-28-30(25-15-13-24(14-16-25)12-11-23-8-2-1-3-9-23)27-21-32(18-6-7-19-33(27)28)29(35)20-26-10-4-5-17-31-26/h1-5,8-10,13-17,27-28,30,34H,6-7,18-22H2/t27-,28+,30+/m0/s1. The molecule has 5 nitrogen and oxygen atoms in total. The number of aromatic nitrogens is 1. The molecule has 2 saturated heterocycles. The largest absolute Gasteiger partial charge is 0.395 e. The molecule has 0 radical (unpaired) electrons. The minimum atomic E-state index is 0.0899. The van der Waals surface area contributed by atoms with Gasteiger partial charge in [-0.15, -0.1) is 0 Å². The van der Waals surface area contributed by atoms with E-state index in [-0.39, 0.29) is 30.5 Å². The lowest BCUT2D eigenvalue weighted by Gasteiger charge is -2.57. The number of hydrogen-bond acceptors (Lipinski definition) is 4. The molecule has 5 rings (SSSR count). The fourth-order valence-electron chi connectivity index (χ4n) is 5.39. The van der Waals surface area contributed by atoms with Crippen molar-refractivity contribution in [3.05, 3.63) is 101 Å². The van der Waals surface area contributed by atoms with E-state index in [9.17, 15) is 9.90 Å². The first kappa shape index (κ1) is 23.3. The number of nitrogens with zero attached hydrogens (tertiary/aromatic N) is 3. The number of carbonyl (C=O) groups is 1. The molecular weight excluding hydrogens is 434 g/mol. The number of aliphatic hydroxyl groups is 1. The van der Waals surface area contributed by atoms with Crippen LogP contribution in [0.4, 0.5) is 0 Å². The Morgan fingerprint density at radius 2 is 1.63 bits per heavy atom. The monoisotopic (exact) mass is 465 g/mol. The zero-order valence-corrected chi connectivity index (χ0v) is 19.9. The van der Waals surface area contributed by atoms with E-state index in [1.165, 1.54) is 5.56 Å². The molecule has 2 aliphatic rings. The second-order valence-electron chi connectivity index (χ2n) is 9.36. The molecule has 0 spiro atoms. The molecule has 0 saturated carbocycles. The molecule has 3 aromatic rings. The van der Waals surface area contributed by atoms with Crippen molar-refractivity contribution in [1.29, 1.82) is 0 Å². The fourth-order valence-corrected chi connectivity index (χ4v) is 5.39. The highest BCUT2D eigenvalue weighted by atomic mass is 16.3. The van der Waals surface area contributed by atoms with E-state index in [4.69, 9.17) is 0 Å². The van der Waals surface area contributed by atoms with Gasteiger partial charge in [0.2, 0.25) is 5.91 Å². The molecule has 1 amide bonds. The van der Waals surface area contributed by atoms with E-state index in [1.807, 2.05) is 53.4 Å². The average Bonchev–Trinajstić information content (AvgIpc) is 2.88. The molecule has 2 aromatic carbocycles. The first-order chi connectivity index (χ1) is 17.2. The Labute approximate surface area is 207 Å². The quantitative estimate of drug-likeness (QED) is 0.600. The number of pyridine rings is 1. The second-order valence-corrected chi connectivity index (χ2v) is 9.36. The average molecular weight is 466 g/mol. The second kappa shape index (κ2) is 10.9. The van der Waals surface area contributed by atoms with Crippen molar-refractivity contribution in [2.24, 2.45) is 0 Å². The third-order valence-electron chi connectivity index (χ3n) is 7.20. The first-order valence-electron chi connectivity index (χ1n) is 12.4. The maximum Gasteiger partial charge on any atom is 0.228 e. The summed E-state index contributed by atoms with van der Waals surface area (Å²) in [7, 11) is 0. The lowest BCUT2D eigenvalue weighted by molar-refractivity contribution is -0.135. The van der Waals surface area contributed by atoms with Gasteiger partial charge in [-0.25, -0.2) is 0 Å². The first-order valence-corrected chi connectivity index (χ1v) is 12.4. The third kappa shape index (κ3) is 5.30. The summed E-state index contributed by atoms with van der Waals surface area (Å²) < 4.78 is 0. The van der Waals surface area contributed by atoms with Crippen LogP contribution in [0.3, 0.4) is 0 Å². The SMILES string of the molecule is O=C(Cc1ccccn1)N1CCCCN2[C@H](CO)[C@H](c3ccc(C#Cc4ccccc4)cc3)[C@@H]2C1. The Morgan fingerprint density at radius 1 is 0.914 bits per heavy atom. The molecule has 0 bridgehead atoms. The van der Waals surface area contributed by atoms with Crippen LogP contribution in [0.5, 0.6) is 0 Å². The molecule has 5 heteroatoms. The minimum absolute atomic E-state index is 0.0899. The number of benzene rings is 2. The Bertz CT molecular complexity index is 1190. The van der Waals surface area contributed by atoms with Crippen LogP contribution in [-0.4, -0.2) is 64.1 Å². The lowest BCUT2D eigenvalue weighted by atomic mass is 9.74. The van der Waals surface area contributed by atoms with Gasteiger partial charge in [-0.2, -0.15) is 0 Å². The van der Waals surface area contributed by atoms with Gasteiger partial charge in [0.15, 0.2) is 0 Å². The van der Waals surface area contributed by atoms with Gasteiger partial charge < -0.3 is 10.0 Å². The van der Waals surface area contributed by atoms with Gasteiger partial charge >= 0.3 is 0 Å². The molecule has 3 heterocycles. The summed E-state index contributed by atoms with van der Waals surface area (Å²) >= 11 is 0. The Morgan fingerprint density at radius 3 is 2.34 bits per heavy atom. The number of carbonyl (C=O) groups excluding carboxylic acids is 1. The highest BCUT2D eigenvalue weighted by Gasteiger charge is 2.49. The van der Waals surface area contributed by atoms with Crippen LogP contribution in [0.1, 0.15) is 41.1 Å². The fraction of sp³-hybridized carbons (Fsp3) is 0.333. The van der Waals surface area contributed by atoms with Crippen LogP contribution >= 0.6 is 0 Å². The smallest absolute Gasteiger partial charge is 0.228 e. The van der Waals surface area contributed by atoms with Crippen LogP contribution in [0.15, 0.2) is 79.0 Å². The van der Waals surface area contributed by atoms with Crippen molar-refractivity contribution >= 4 is 5.91 Å². The Hall–Kier alpha value is -3.46. The molecule has 2 fully saturated rings. The number of aliphatic hydroxyl groups excluding tert-OH is 1. The van der Waals surface area contributed by atoms with Crippen molar-refractivity contribution in [2.45, 2.75) is 37.3 Å². The van der Waals surface area contributed by atoms with Crippen LogP contribution in [0.25, 0.3) is 0 Å². The summed E-state index contributed by atoms with van der Waals surface area (Å²) in [6.07, 6.45) is 4.08. The van der Waals surface area contributed by atoms with Crippen LogP contribution < -0.4 is 0 Å². The molecule has 1 N–H and O–H groups in total. The van der Waals surface area contributed by atoms with Crippen molar-refractivity contribution in [2.75, 3.05) is 26.2 Å². The van der Waals surface area contributed by atoms with Gasteiger partial charge in [0, 0.05) is 54.1 Å². The van der Waals surface area contributed by atoms with Crippen LogP contribution in [0.2, 0.25) is 0 Å². The summed E-state index contributed by atoms with van der Waals surface area (Å²) in [6, 6.07) is 24.4. The van der Waals surface area contributed by atoms with Crippen molar-refractivity contribution in [1.82, 2.24) is 14.8 Å². The van der Waals surface area contributed by atoms with E-state index in [0.717, 1.165) is 42.8 Å². The predicted molar refractivity (Wildman–Crippen MR) is 137 cm³/mol. The van der Waals surface area contributed by atoms with Crippen molar-refractivity contribution in [3.63, 3.8) is 0 Å². The zero-order chi connectivity index (χ0) is 24.0. The maximum atomic E-state index is 13.1. The predicted octanol–water partition coefficient (Wildman–Crippen LogP) is 3.48. The molecule has 178 valence electrons. The summed E-state index contributed by atoms with van der Waals surface area (Å²) in [5.41, 5.74) is 3.98. The molecule has 2 aliphatic heterocycles. The third-order valence-corrected chi connectivity index (χ3v) is 7.20. The maximum absolute atomic E-state index is 13.1. The molecule has 0 aliphatic carbocycles. The van der Waals surface area contributed by atoms with Gasteiger partial charge in [-0.1, -0.05) is 48.2 Å². The number of hydrogen-bond donors (Lipinski definition) is 1. The van der Waals surface area contributed by atoms with Gasteiger partial charge in [0.25, 0.3) is 0 Å². The summed E-state index contributed by atoms with van der Waals surface area (Å²) in [5, 5.41) is 10.2.